The highest BCUT2D eigenvalue weighted by Gasteiger charge is 2.28. The Morgan fingerprint density at radius 2 is 1.88 bits per heavy atom. The lowest BCUT2D eigenvalue weighted by atomic mass is 9.88. The van der Waals surface area contributed by atoms with Crippen molar-refractivity contribution in [2.24, 2.45) is 5.73 Å². The molecule has 0 spiro atoms. The van der Waals surface area contributed by atoms with E-state index in [0.717, 1.165) is 10.9 Å². The quantitative estimate of drug-likeness (QED) is 0.831. The summed E-state index contributed by atoms with van der Waals surface area (Å²) in [5.41, 5.74) is 6.23. The number of carbonyl (C=O) groups excluding carboxylic acids is 1. The van der Waals surface area contributed by atoms with Gasteiger partial charge in [-0.1, -0.05) is 24.3 Å². The normalized spacial score (nSPS) is 11.6. The highest BCUT2D eigenvalue weighted by atomic mass is 16.1. The minimum absolute atomic E-state index is 0.365. The fourth-order valence-electron chi connectivity index (χ4n) is 1.54. The molecule has 1 heterocycles. The Morgan fingerprint density at radius 1 is 1.19 bits per heavy atom. The van der Waals surface area contributed by atoms with Crippen LogP contribution in [0.25, 0.3) is 10.9 Å². The molecule has 0 atom stereocenters. The number of rotatable bonds is 2. The SMILES string of the molecule is CC(C)(C(N)=O)c1ccc2ccccc2n1. The first-order chi connectivity index (χ1) is 7.51. The third kappa shape index (κ3) is 1.65. The van der Waals surface area contributed by atoms with Crippen molar-refractivity contribution < 1.29 is 4.79 Å². The first-order valence-electron chi connectivity index (χ1n) is 5.18. The van der Waals surface area contributed by atoms with Crippen LogP contribution in [0.2, 0.25) is 0 Å². The van der Waals surface area contributed by atoms with Crippen molar-refractivity contribution in [3.05, 3.63) is 42.1 Å². The summed E-state index contributed by atoms with van der Waals surface area (Å²) in [6.45, 7) is 3.57. The van der Waals surface area contributed by atoms with Gasteiger partial charge in [-0.3, -0.25) is 9.78 Å². The summed E-state index contributed by atoms with van der Waals surface area (Å²) in [6, 6.07) is 11.6. The predicted molar refractivity (Wildman–Crippen MR) is 64.0 cm³/mol. The maximum atomic E-state index is 11.3. The number of aromatic nitrogens is 1. The van der Waals surface area contributed by atoms with E-state index in [1.54, 1.807) is 13.8 Å². The van der Waals surface area contributed by atoms with Gasteiger partial charge in [-0.25, -0.2) is 0 Å². The molecule has 0 radical (unpaired) electrons. The second-order valence-corrected chi connectivity index (χ2v) is 4.38. The van der Waals surface area contributed by atoms with Crippen LogP contribution in [0, 0.1) is 0 Å². The summed E-state index contributed by atoms with van der Waals surface area (Å²) in [5.74, 6) is -0.365. The third-order valence-corrected chi connectivity index (χ3v) is 2.85. The second kappa shape index (κ2) is 3.59. The number of amides is 1. The first kappa shape index (κ1) is 10.6. The summed E-state index contributed by atoms with van der Waals surface area (Å²) in [4.78, 5) is 15.8. The minimum Gasteiger partial charge on any atom is -0.369 e. The lowest BCUT2D eigenvalue weighted by Gasteiger charge is -2.19. The molecule has 1 aromatic heterocycles. The van der Waals surface area contributed by atoms with E-state index in [1.807, 2.05) is 36.4 Å². The van der Waals surface area contributed by atoms with Crippen molar-refractivity contribution in [3.8, 4) is 0 Å². The van der Waals surface area contributed by atoms with Crippen molar-refractivity contribution >= 4 is 16.8 Å². The Bertz CT molecular complexity index is 546. The van der Waals surface area contributed by atoms with Crippen molar-refractivity contribution in [1.82, 2.24) is 4.98 Å². The number of nitrogens with zero attached hydrogens (tertiary/aromatic N) is 1. The molecule has 3 heteroatoms. The molecule has 0 fully saturated rings. The van der Waals surface area contributed by atoms with Crippen LogP contribution in [0.15, 0.2) is 36.4 Å². The molecule has 16 heavy (non-hydrogen) atoms. The number of fused-ring (bicyclic) bond motifs is 1. The van der Waals surface area contributed by atoms with E-state index < -0.39 is 5.41 Å². The van der Waals surface area contributed by atoms with Crippen LogP contribution in [0.1, 0.15) is 19.5 Å². The maximum Gasteiger partial charge on any atom is 0.229 e. The molecule has 82 valence electrons. The van der Waals surface area contributed by atoms with Crippen LogP contribution < -0.4 is 5.73 Å². The molecule has 0 aliphatic heterocycles. The maximum absolute atomic E-state index is 11.3. The van der Waals surface area contributed by atoms with Crippen LogP contribution in [0.3, 0.4) is 0 Å². The van der Waals surface area contributed by atoms with Crippen LogP contribution >= 0.6 is 0 Å². The Hall–Kier alpha value is -1.90. The number of carbonyl (C=O) groups is 1. The zero-order valence-electron chi connectivity index (χ0n) is 9.40. The fourth-order valence-corrected chi connectivity index (χ4v) is 1.54. The van der Waals surface area contributed by atoms with Gasteiger partial charge in [-0.15, -0.1) is 0 Å². The molecular formula is C13H14N2O. The van der Waals surface area contributed by atoms with Crippen molar-refractivity contribution in [2.75, 3.05) is 0 Å². The minimum atomic E-state index is -0.732. The number of primary amides is 1. The first-order valence-corrected chi connectivity index (χ1v) is 5.18. The Morgan fingerprint density at radius 3 is 2.56 bits per heavy atom. The molecular weight excluding hydrogens is 200 g/mol. The van der Waals surface area contributed by atoms with E-state index >= 15 is 0 Å². The number of nitrogens with two attached hydrogens (primary N) is 1. The summed E-state index contributed by atoms with van der Waals surface area (Å²) >= 11 is 0. The van der Waals surface area contributed by atoms with E-state index in [4.69, 9.17) is 5.73 Å². The van der Waals surface area contributed by atoms with Crippen molar-refractivity contribution in [3.63, 3.8) is 0 Å². The van der Waals surface area contributed by atoms with Gasteiger partial charge in [0.2, 0.25) is 5.91 Å². The van der Waals surface area contributed by atoms with Crippen molar-refractivity contribution in [1.29, 1.82) is 0 Å². The lowest BCUT2D eigenvalue weighted by molar-refractivity contribution is -0.122. The molecule has 1 aromatic carbocycles. The predicted octanol–water partition coefficient (Wildman–Crippen LogP) is 2.00. The summed E-state index contributed by atoms with van der Waals surface area (Å²) < 4.78 is 0. The van der Waals surface area contributed by atoms with E-state index in [9.17, 15) is 4.79 Å². The summed E-state index contributed by atoms with van der Waals surface area (Å²) in [6.07, 6.45) is 0. The van der Waals surface area contributed by atoms with Gasteiger partial charge in [0.25, 0.3) is 0 Å². The van der Waals surface area contributed by atoms with Gasteiger partial charge in [-0.2, -0.15) is 0 Å². The molecule has 2 rings (SSSR count). The average molecular weight is 214 g/mol. The van der Waals surface area contributed by atoms with E-state index in [0.29, 0.717) is 5.69 Å². The molecule has 0 aliphatic rings. The van der Waals surface area contributed by atoms with Gasteiger partial charge in [0.15, 0.2) is 0 Å². The molecule has 0 bridgehead atoms. The average Bonchev–Trinajstić information content (AvgIpc) is 2.28. The molecule has 0 unspecified atom stereocenters. The van der Waals surface area contributed by atoms with Crippen molar-refractivity contribution in [2.45, 2.75) is 19.3 Å². The fraction of sp³-hybridized carbons (Fsp3) is 0.231. The van der Waals surface area contributed by atoms with Crippen LogP contribution in [0.4, 0.5) is 0 Å². The Labute approximate surface area is 94.3 Å². The Balaban J connectivity index is 2.59. The smallest absolute Gasteiger partial charge is 0.229 e. The zero-order valence-corrected chi connectivity index (χ0v) is 9.40. The van der Waals surface area contributed by atoms with Gasteiger partial charge >= 0.3 is 0 Å². The molecule has 0 saturated carbocycles. The summed E-state index contributed by atoms with van der Waals surface area (Å²) in [7, 11) is 0. The van der Waals surface area contributed by atoms with Gasteiger partial charge < -0.3 is 5.73 Å². The molecule has 3 nitrogen and oxygen atoms in total. The lowest BCUT2D eigenvalue weighted by Crippen LogP contribution is -2.36. The van der Waals surface area contributed by atoms with Crippen LogP contribution in [-0.4, -0.2) is 10.9 Å². The second-order valence-electron chi connectivity index (χ2n) is 4.38. The number of hydrogen-bond acceptors (Lipinski definition) is 2. The monoisotopic (exact) mass is 214 g/mol. The van der Waals surface area contributed by atoms with Crippen LogP contribution in [-0.2, 0) is 10.2 Å². The van der Waals surface area contributed by atoms with E-state index in [2.05, 4.69) is 4.98 Å². The Kier molecular flexibility index (Phi) is 2.38. The number of benzene rings is 1. The largest absolute Gasteiger partial charge is 0.369 e. The third-order valence-electron chi connectivity index (χ3n) is 2.85. The molecule has 1 amide bonds. The molecule has 0 aliphatic carbocycles. The van der Waals surface area contributed by atoms with Gasteiger partial charge in [0.1, 0.15) is 0 Å². The van der Waals surface area contributed by atoms with Gasteiger partial charge in [0, 0.05) is 5.39 Å². The van der Waals surface area contributed by atoms with Crippen LogP contribution in [0.5, 0.6) is 0 Å². The molecule has 2 N–H and O–H groups in total. The molecule has 0 saturated heterocycles. The van der Waals surface area contributed by atoms with E-state index in [-0.39, 0.29) is 5.91 Å². The zero-order chi connectivity index (χ0) is 11.8. The summed E-state index contributed by atoms with van der Waals surface area (Å²) in [5, 5.41) is 1.06. The van der Waals surface area contributed by atoms with E-state index in [1.165, 1.54) is 0 Å². The number of hydrogen-bond donors (Lipinski definition) is 1. The highest BCUT2D eigenvalue weighted by Crippen LogP contribution is 2.23. The van der Waals surface area contributed by atoms with Gasteiger partial charge in [-0.05, 0) is 26.0 Å². The number of para-hydroxylation sites is 1. The topological polar surface area (TPSA) is 56.0 Å². The van der Waals surface area contributed by atoms with Gasteiger partial charge in [0.05, 0.1) is 16.6 Å². The molecule has 2 aromatic rings. The standard InChI is InChI=1S/C13H14N2O/c1-13(2,12(14)16)11-8-7-9-5-3-4-6-10(9)15-11/h3-8H,1-2H3,(H2,14,16). The highest BCUT2D eigenvalue weighted by molar-refractivity contribution is 5.86. The number of pyridine rings is 1.